The van der Waals surface area contributed by atoms with Crippen LogP contribution in [0.5, 0.6) is 0 Å². The summed E-state index contributed by atoms with van der Waals surface area (Å²) in [6, 6.07) is 13.3. The lowest BCUT2D eigenvalue weighted by atomic mass is 10.1. The summed E-state index contributed by atoms with van der Waals surface area (Å²) in [6.45, 7) is -0.318. The Labute approximate surface area is 119 Å². The fraction of sp³-hybridized carbons (Fsp3) is 0.286. The minimum atomic E-state index is -2.38. The van der Waals surface area contributed by atoms with Crippen LogP contribution in [0.4, 0.5) is 5.69 Å². The molecule has 96 valence electrons. The van der Waals surface area contributed by atoms with Crippen LogP contribution in [0.3, 0.4) is 0 Å². The van der Waals surface area contributed by atoms with Gasteiger partial charge in [-0.05, 0) is 22.7 Å². The van der Waals surface area contributed by atoms with E-state index in [9.17, 15) is 0 Å². The van der Waals surface area contributed by atoms with Crippen LogP contribution in [-0.2, 0) is 0 Å². The molecule has 0 bridgehead atoms. The van der Waals surface area contributed by atoms with Crippen molar-refractivity contribution in [3.05, 3.63) is 36.4 Å². The zero-order chi connectivity index (χ0) is 13.3. The van der Waals surface area contributed by atoms with E-state index in [1.807, 2.05) is 20.2 Å². The van der Waals surface area contributed by atoms with Gasteiger partial charge < -0.3 is 4.90 Å². The van der Waals surface area contributed by atoms with Crippen LogP contribution < -0.4 is 10.1 Å². The quantitative estimate of drug-likeness (QED) is 0.610. The van der Waals surface area contributed by atoms with Crippen LogP contribution in [0.1, 0.15) is 6.92 Å². The number of rotatable bonds is 3. The van der Waals surface area contributed by atoms with Crippen molar-refractivity contribution in [3.8, 4) is 0 Å². The van der Waals surface area contributed by atoms with Crippen LogP contribution in [0.25, 0.3) is 10.8 Å². The SMILES string of the molecule is CC[Si](Cl)(Cl)c1cccc2cccc(N(C)C)c12. The molecule has 4 heteroatoms. The summed E-state index contributed by atoms with van der Waals surface area (Å²) in [5, 5.41) is 3.52. The molecular weight excluding hydrogens is 281 g/mol. The monoisotopic (exact) mass is 297 g/mol. The standard InChI is InChI=1S/C14H17Cl2NSi/c1-4-18(15,16)13-10-6-8-11-7-5-9-12(14(11)13)17(2)3/h5-10H,4H2,1-3H3. The third kappa shape index (κ3) is 2.37. The molecule has 0 aliphatic rings. The highest BCUT2D eigenvalue weighted by molar-refractivity contribution is 7.51. The molecule has 18 heavy (non-hydrogen) atoms. The van der Waals surface area contributed by atoms with Crippen molar-refractivity contribution < 1.29 is 0 Å². The summed E-state index contributed by atoms with van der Waals surface area (Å²) in [7, 11) is 4.09. The molecule has 1 nitrogen and oxygen atoms in total. The molecule has 0 fully saturated rings. The highest BCUT2D eigenvalue weighted by Gasteiger charge is 2.31. The number of anilines is 1. The summed E-state index contributed by atoms with van der Waals surface area (Å²) >= 11 is 13.2. The average Bonchev–Trinajstić information content (AvgIpc) is 2.37. The lowest BCUT2D eigenvalue weighted by Gasteiger charge is -2.22. The summed E-state index contributed by atoms with van der Waals surface area (Å²) in [6.07, 6.45) is 0. The van der Waals surface area contributed by atoms with Crippen molar-refractivity contribution in [2.24, 2.45) is 0 Å². The van der Waals surface area contributed by atoms with E-state index in [1.54, 1.807) is 0 Å². The van der Waals surface area contributed by atoms with Gasteiger partial charge in [0.2, 0.25) is 0 Å². The molecule has 0 heterocycles. The fourth-order valence-electron chi connectivity index (χ4n) is 2.19. The van der Waals surface area contributed by atoms with Gasteiger partial charge in [0, 0.05) is 25.2 Å². The molecule has 0 aromatic heterocycles. The first-order valence-electron chi connectivity index (χ1n) is 6.04. The molecular formula is C14H17Cl2NSi. The second-order valence-electron chi connectivity index (χ2n) is 4.63. The summed E-state index contributed by atoms with van der Waals surface area (Å²) in [5.41, 5.74) is 1.18. The average molecular weight is 298 g/mol. The van der Waals surface area contributed by atoms with Gasteiger partial charge in [0.05, 0.1) is 0 Å². The van der Waals surface area contributed by atoms with Crippen LogP contribution in [0.15, 0.2) is 36.4 Å². The minimum absolute atomic E-state index is 0.816. The van der Waals surface area contributed by atoms with Gasteiger partial charge >= 0.3 is 0 Å². The predicted octanol–water partition coefficient (Wildman–Crippen LogP) is 4.05. The smallest absolute Gasteiger partial charge is 0.281 e. The largest absolute Gasteiger partial charge is 0.377 e. The molecule has 0 saturated heterocycles. The Hall–Kier alpha value is -0.703. The number of nitrogens with zero attached hydrogens (tertiary/aromatic N) is 1. The van der Waals surface area contributed by atoms with Gasteiger partial charge in [-0.2, -0.15) is 0 Å². The molecule has 0 radical (unpaired) electrons. The van der Waals surface area contributed by atoms with E-state index < -0.39 is 6.69 Å². The predicted molar refractivity (Wildman–Crippen MR) is 85.9 cm³/mol. The highest BCUT2D eigenvalue weighted by Crippen LogP contribution is 2.29. The lowest BCUT2D eigenvalue weighted by molar-refractivity contribution is 1.14. The first-order chi connectivity index (χ1) is 8.47. The third-order valence-corrected chi connectivity index (χ3v) is 8.12. The zero-order valence-electron chi connectivity index (χ0n) is 10.9. The van der Waals surface area contributed by atoms with Gasteiger partial charge in [0.1, 0.15) is 0 Å². The van der Waals surface area contributed by atoms with E-state index in [0.29, 0.717) is 0 Å². The van der Waals surface area contributed by atoms with Gasteiger partial charge in [0.25, 0.3) is 6.69 Å². The lowest BCUT2D eigenvalue weighted by Crippen LogP contribution is -2.36. The molecule has 2 aromatic carbocycles. The van der Waals surface area contributed by atoms with Gasteiger partial charge in [-0.3, -0.25) is 0 Å². The van der Waals surface area contributed by atoms with Crippen LogP contribution in [-0.4, -0.2) is 20.8 Å². The Morgan fingerprint density at radius 1 is 1.06 bits per heavy atom. The first-order valence-corrected chi connectivity index (χ1v) is 10.3. The molecule has 0 aliphatic carbocycles. The molecule has 2 rings (SSSR count). The van der Waals surface area contributed by atoms with E-state index >= 15 is 0 Å². The summed E-state index contributed by atoms with van der Waals surface area (Å²) < 4.78 is 0. The molecule has 0 aliphatic heterocycles. The third-order valence-electron chi connectivity index (χ3n) is 3.20. The van der Waals surface area contributed by atoms with E-state index in [2.05, 4.69) is 42.2 Å². The Bertz CT molecular complexity index is 561. The summed E-state index contributed by atoms with van der Waals surface area (Å²) in [4.78, 5) is 2.11. The number of halogens is 2. The topological polar surface area (TPSA) is 3.24 Å². The van der Waals surface area contributed by atoms with E-state index in [0.717, 1.165) is 11.2 Å². The number of hydrogen-bond donors (Lipinski definition) is 0. The van der Waals surface area contributed by atoms with Gasteiger partial charge in [-0.1, -0.05) is 37.3 Å². The van der Waals surface area contributed by atoms with Crippen molar-refractivity contribution >= 4 is 50.5 Å². The van der Waals surface area contributed by atoms with Crippen molar-refractivity contribution in [3.63, 3.8) is 0 Å². The van der Waals surface area contributed by atoms with Crippen molar-refractivity contribution in [1.29, 1.82) is 0 Å². The first kappa shape index (κ1) is 13.7. The van der Waals surface area contributed by atoms with Gasteiger partial charge in [0.15, 0.2) is 0 Å². The normalized spacial score (nSPS) is 11.8. The number of fused-ring (bicyclic) bond motifs is 1. The second-order valence-corrected chi connectivity index (χ2v) is 11.7. The maximum atomic E-state index is 6.59. The Morgan fingerprint density at radius 3 is 2.22 bits per heavy atom. The summed E-state index contributed by atoms with van der Waals surface area (Å²) in [5.74, 6) is 0. The minimum Gasteiger partial charge on any atom is -0.377 e. The molecule has 0 saturated carbocycles. The molecule has 0 atom stereocenters. The van der Waals surface area contributed by atoms with Crippen molar-refractivity contribution in [2.75, 3.05) is 19.0 Å². The molecule has 2 aromatic rings. The van der Waals surface area contributed by atoms with E-state index in [4.69, 9.17) is 22.2 Å². The van der Waals surface area contributed by atoms with E-state index in [-0.39, 0.29) is 0 Å². The maximum Gasteiger partial charge on any atom is 0.281 e. The maximum absolute atomic E-state index is 6.59. The van der Waals surface area contributed by atoms with Crippen molar-refractivity contribution in [1.82, 2.24) is 0 Å². The Morgan fingerprint density at radius 2 is 1.67 bits per heavy atom. The highest BCUT2D eigenvalue weighted by atomic mass is 35.7. The van der Waals surface area contributed by atoms with Gasteiger partial charge in [-0.15, -0.1) is 22.2 Å². The number of hydrogen-bond acceptors (Lipinski definition) is 1. The Balaban J connectivity index is 2.82. The molecule has 0 N–H and O–H groups in total. The van der Waals surface area contributed by atoms with Crippen molar-refractivity contribution in [2.45, 2.75) is 13.0 Å². The van der Waals surface area contributed by atoms with Gasteiger partial charge in [-0.25, -0.2) is 0 Å². The van der Waals surface area contributed by atoms with Crippen LogP contribution in [0, 0.1) is 0 Å². The number of benzene rings is 2. The molecule has 0 amide bonds. The van der Waals surface area contributed by atoms with E-state index in [1.165, 1.54) is 16.5 Å². The molecule has 0 spiro atoms. The van der Waals surface area contributed by atoms with Crippen LogP contribution in [0.2, 0.25) is 6.04 Å². The fourth-order valence-corrected chi connectivity index (χ4v) is 4.49. The molecule has 0 unspecified atom stereocenters. The second kappa shape index (κ2) is 5.12. The zero-order valence-corrected chi connectivity index (χ0v) is 13.4. The Kier molecular flexibility index (Phi) is 3.90. The van der Waals surface area contributed by atoms with Crippen LogP contribution >= 0.6 is 22.2 Å².